The molecule has 144 valence electrons. The van der Waals surface area contributed by atoms with E-state index in [0.717, 1.165) is 37.7 Å². The molecule has 1 aliphatic heterocycles. The van der Waals surface area contributed by atoms with Crippen molar-refractivity contribution >= 4 is 11.6 Å². The fourth-order valence-electron chi connectivity index (χ4n) is 5.51. The van der Waals surface area contributed by atoms with E-state index in [4.69, 9.17) is 16.3 Å². The lowest BCUT2D eigenvalue weighted by Gasteiger charge is -2.38. The molecule has 2 aliphatic carbocycles. The van der Waals surface area contributed by atoms with Gasteiger partial charge in [-0.25, -0.2) is 0 Å². The molecule has 1 spiro atoms. The minimum Gasteiger partial charge on any atom is -0.393 e. The minimum absolute atomic E-state index is 0.0146. The van der Waals surface area contributed by atoms with Gasteiger partial charge in [-0.05, 0) is 57.8 Å². The van der Waals surface area contributed by atoms with Crippen LogP contribution in [0.2, 0.25) is 0 Å². The number of hydrogen-bond donors (Lipinski definition) is 3. The molecular weight excluding hydrogens is 340 g/mol. The first-order valence-electron chi connectivity index (χ1n) is 9.53. The van der Waals surface area contributed by atoms with Crippen LogP contribution >= 0.6 is 11.6 Å². The molecule has 3 aliphatic rings. The Balaban J connectivity index is 1.98. The van der Waals surface area contributed by atoms with E-state index in [0.29, 0.717) is 12.8 Å². The molecule has 0 amide bonds. The second kappa shape index (κ2) is 6.20. The Hall–Kier alpha value is -0.130. The monoisotopic (exact) mass is 372 g/mol. The molecule has 0 unspecified atom stereocenters. The smallest absolute Gasteiger partial charge is 0.107 e. The van der Waals surface area contributed by atoms with Crippen molar-refractivity contribution < 1.29 is 20.1 Å². The van der Waals surface area contributed by atoms with Crippen LogP contribution in [0.4, 0.5) is 0 Å². The van der Waals surface area contributed by atoms with Gasteiger partial charge in [0.05, 0.1) is 23.7 Å². The number of alkyl halides is 1. The SMILES string of the molecule is C=C1CC[C@H](Cl)[C@@](O)(CO)C[C@@H]2O[C@@]23[C@H](C(C)(C)O)CC[C@@]3(C)CC1. The summed E-state index contributed by atoms with van der Waals surface area (Å²) in [5.74, 6) is 0.0146. The lowest BCUT2D eigenvalue weighted by atomic mass is 9.67. The van der Waals surface area contributed by atoms with Gasteiger partial charge in [0.15, 0.2) is 0 Å². The van der Waals surface area contributed by atoms with Gasteiger partial charge in [-0.2, -0.15) is 0 Å². The summed E-state index contributed by atoms with van der Waals surface area (Å²) in [4.78, 5) is 0. The molecule has 0 radical (unpaired) electrons. The predicted octanol–water partition coefficient (Wildman–Crippen LogP) is 3.16. The van der Waals surface area contributed by atoms with Crippen LogP contribution in [-0.2, 0) is 4.74 Å². The molecule has 3 fully saturated rings. The first-order chi connectivity index (χ1) is 11.5. The van der Waals surface area contributed by atoms with E-state index in [1.165, 1.54) is 0 Å². The van der Waals surface area contributed by atoms with Gasteiger partial charge in [0.25, 0.3) is 0 Å². The Morgan fingerprint density at radius 3 is 2.56 bits per heavy atom. The Morgan fingerprint density at radius 2 is 1.96 bits per heavy atom. The molecular formula is C20H33ClO4. The number of aliphatic hydroxyl groups is 3. The summed E-state index contributed by atoms with van der Waals surface area (Å²) in [6, 6.07) is 0. The zero-order valence-electron chi connectivity index (χ0n) is 15.7. The van der Waals surface area contributed by atoms with Crippen LogP contribution in [0.5, 0.6) is 0 Å². The molecule has 25 heavy (non-hydrogen) atoms. The molecule has 0 aromatic carbocycles. The van der Waals surface area contributed by atoms with Gasteiger partial charge in [-0.1, -0.05) is 19.1 Å². The Kier molecular flexibility index (Phi) is 4.87. The number of aliphatic hydroxyl groups excluding tert-OH is 1. The van der Waals surface area contributed by atoms with Gasteiger partial charge < -0.3 is 20.1 Å². The molecule has 1 saturated heterocycles. The second-order valence-electron chi connectivity index (χ2n) is 9.43. The van der Waals surface area contributed by atoms with E-state index >= 15 is 0 Å². The largest absolute Gasteiger partial charge is 0.393 e. The van der Waals surface area contributed by atoms with Crippen molar-refractivity contribution in [3.8, 4) is 0 Å². The number of hydrogen-bond acceptors (Lipinski definition) is 4. The van der Waals surface area contributed by atoms with Crippen molar-refractivity contribution in [3.05, 3.63) is 12.2 Å². The van der Waals surface area contributed by atoms with Crippen LogP contribution in [0.25, 0.3) is 0 Å². The van der Waals surface area contributed by atoms with Crippen LogP contribution in [0.1, 0.15) is 65.7 Å². The van der Waals surface area contributed by atoms with Crippen LogP contribution in [0.15, 0.2) is 12.2 Å². The minimum atomic E-state index is -1.37. The highest BCUT2D eigenvalue weighted by Crippen LogP contribution is 2.68. The van der Waals surface area contributed by atoms with Crippen molar-refractivity contribution in [2.45, 2.75) is 94.0 Å². The highest BCUT2D eigenvalue weighted by molar-refractivity contribution is 6.21. The average Bonchev–Trinajstić information content (AvgIpc) is 3.14. The molecule has 2 saturated carbocycles. The molecule has 4 nitrogen and oxygen atoms in total. The summed E-state index contributed by atoms with van der Waals surface area (Å²) in [7, 11) is 0. The standard InChI is InChI=1S/C20H33ClO4/c1-13-5-6-15(21)19(24,12-22)11-16-20(25-16)14(17(2,3)23)8-10-18(20,4)9-7-13/h14-16,22-24H,1,5-12H2,2-4H3/t14-,15-,16-,18+,19-,20-/m0/s1. The van der Waals surface area contributed by atoms with Crippen LogP contribution in [0, 0.1) is 11.3 Å². The summed E-state index contributed by atoms with van der Waals surface area (Å²) in [6.07, 6.45) is 5.28. The molecule has 6 atom stereocenters. The third-order valence-electron chi connectivity index (χ3n) is 7.23. The van der Waals surface area contributed by atoms with Crippen LogP contribution in [-0.4, -0.2) is 50.2 Å². The fraction of sp³-hybridized carbons (Fsp3) is 0.900. The Morgan fingerprint density at radius 1 is 1.28 bits per heavy atom. The van der Waals surface area contributed by atoms with Gasteiger partial charge >= 0.3 is 0 Å². The number of ether oxygens (including phenoxy) is 1. The van der Waals surface area contributed by atoms with Crippen molar-refractivity contribution in [2.24, 2.45) is 11.3 Å². The quantitative estimate of drug-likeness (QED) is 0.395. The molecule has 0 aromatic rings. The molecule has 0 bridgehead atoms. The van der Waals surface area contributed by atoms with Crippen LogP contribution < -0.4 is 0 Å². The highest BCUT2D eigenvalue weighted by atomic mass is 35.5. The topological polar surface area (TPSA) is 73.2 Å². The van der Waals surface area contributed by atoms with Crippen LogP contribution in [0.3, 0.4) is 0 Å². The number of allylic oxidation sites excluding steroid dienone is 1. The zero-order valence-corrected chi connectivity index (χ0v) is 16.5. The lowest BCUT2D eigenvalue weighted by molar-refractivity contribution is -0.0344. The lowest BCUT2D eigenvalue weighted by Crippen LogP contribution is -2.49. The molecule has 3 N–H and O–H groups in total. The van der Waals surface area contributed by atoms with Crippen molar-refractivity contribution in [1.29, 1.82) is 0 Å². The Labute approximate surface area is 156 Å². The number of rotatable bonds is 2. The van der Waals surface area contributed by atoms with E-state index < -0.39 is 22.2 Å². The molecule has 5 heteroatoms. The first kappa shape index (κ1) is 19.6. The zero-order chi connectivity index (χ0) is 18.7. The third-order valence-corrected chi connectivity index (χ3v) is 7.86. The van der Waals surface area contributed by atoms with E-state index in [9.17, 15) is 15.3 Å². The predicted molar refractivity (Wildman–Crippen MR) is 98.6 cm³/mol. The second-order valence-corrected chi connectivity index (χ2v) is 9.95. The number of halogens is 1. The molecule has 1 heterocycles. The van der Waals surface area contributed by atoms with Gasteiger partial charge in [-0.15, -0.1) is 11.6 Å². The third kappa shape index (κ3) is 3.08. The van der Waals surface area contributed by atoms with Crippen molar-refractivity contribution in [3.63, 3.8) is 0 Å². The van der Waals surface area contributed by atoms with E-state index in [1.54, 1.807) is 0 Å². The van der Waals surface area contributed by atoms with Gasteiger partial charge in [0, 0.05) is 12.3 Å². The summed E-state index contributed by atoms with van der Waals surface area (Å²) in [5.41, 5.74) is -1.59. The maximum Gasteiger partial charge on any atom is 0.107 e. The number of epoxide rings is 1. The van der Waals surface area contributed by atoms with Gasteiger partial charge in [0.1, 0.15) is 11.2 Å². The molecule has 0 aromatic heterocycles. The highest BCUT2D eigenvalue weighted by Gasteiger charge is 2.75. The van der Waals surface area contributed by atoms with E-state index in [2.05, 4.69) is 13.5 Å². The first-order valence-corrected chi connectivity index (χ1v) is 9.96. The summed E-state index contributed by atoms with van der Waals surface area (Å²) in [6.45, 7) is 9.75. The average molecular weight is 373 g/mol. The normalized spacial score (nSPS) is 48.4. The van der Waals surface area contributed by atoms with Gasteiger partial charge in [-0.3, -0.25) is 0 Å². The molecule has 3 rings (SSSR count). The van der Waals surface area contributed by atoms with Gasteiger partial charge in [0.2, 0.25) is 0 Å². The maximum atomic E-state index is 11.0. The van der Waals surface area contributed by atoms with E-state index in [-0.39, 0.29) is 24.0 Å². The summed E-state index contributed by atoms with van der Waals surface area (Å²) < 4.78 is 6.30. The van der Waals surface area contributed by atoms with E-state index in [1.807, 2.05) is 13.8 Å². The van der Waals surface area contributed by atoms with Crippen molar-refractivity contribution in [2.75, 3.05) is 6.61 Å². The maximum absolute atomic E-state index is 11.0. The fourth-order valence-corrected chi connectivity index (χ4v) is 5.78. The summed E-state index contributed by atoms with van der Waals surface area (Å²) >= 11 is 6.47. The Bertz CT molecular complexity index is 544. The summed E-state index contributed by atoms with van der Waals surface area (Å²) in [5, 5.41) is 31.0. The van der Waals surface area contributed by atoms with Crippen molar-refractivity contribution in [1.82, 2.24) is 0 Å².